The third-order valence-electron chi connectivity index (χ3n) is 5.56. The van der Waals surface area contributed by atoms with Crippen LogP contribution in [0.3, 0.4) is 0 Å². The number of para-hydroxylation sites is 1. The lowest BCUT2D eigenvalue weighted by Gasteiger charge is -2.22. The molecule has 2 aromatic heterocycles. The van der Waals surface area contributed by atoms with Crippen molar-refractivity contribution in [3.8, 4) is 23.4 Å². The van der Waals surface area contributed by atoms with E-state index in [2.05, 4.69) is 37.9 Å². The molecule has 2 aromatic carbocycles. The Kier molecular flexibility index (Phi) is 6.65. The molecule has 0 aliphatic rings. The average molecular weight is 453 g/mol. The fourth-order valence-electron chi connectivity index (χ4n) is 3.80. The molecular weight excluding hydrogens is 424 g/mol. The van der Waals surface area contributed by atoms with Crippen molar-refractivity contribution in [2.45, 2.75) is 39.2 Å². The van der Waals surface area contributed by atoms with Gasteiger partial charge in [-0.25, -0.2) is 4.98 Å². The summed E-state index contributed by atoms with van der Waals surface area (Å²) in [6.07, 6.45) is 2.23. The number of ether oxygens (including phenoxy) is 2. The van der Waals surface area contributed by atoms with E-state index in [-0.39, 0.29) is 5.41 Å². The minimum absolute atomic E-state index is 0.0620. The molecule has 0 fully saturated rings. The molecule has 0 unspecified atom stereocenters. The highest BCUT2D eigenvalue weighted by molar-refractivity contribution is 5.42. The number of hydrogen-bond acceptors (Lipinski definition) is 5. The first-order valence-corrected chi connectivity index (χ1v) is 11.2. The predicted octanol–water partition coefficient (Wildman–Crippen LogP) is 5.89. The minimum atomic E-state index is -0.0620. The molecule has 172 valence electrons. The van der Waals surface area contributed by atoms with E-state index in [0.717, 1.165) is 33.9 Å². The van der Waals surface area contributed by atoms with Gasteiger partial charge in [0.05, 0.1) is 19.3 Å². The van der Waals surface area contributed by atoms with E-state index in [1.165, 1.54) is 0 Å². The Morgan fingerprint density at radius 3 is 2.47 bits per heavy atom. The van der Waals surface area contributed by atoms with Gasteiger partial charge in [0.15, 0.2) is 0 Å². The van der Waals surface area contributed by atoms with Crippen molar-refractivity contribution in [2.75, 3.05) is 7.11 Å². The second-order valence-electron chi connectivity index (χ2n) is 9.13. The number of methoxy groups -OCH3 is 1. The van der Waals surface area contributed by atoms with Crippen LogP contribution in [-0.2, 0) is 18.4 Å². The summed E-state index contributed by atoms with van der Waals surface area (Å²) in [6.45, 7) is 6.98. The smallest absolute Gasteiger partial charge is 0.222 e. The summed E-state index contributed by atoms with van der Waals surface area (Å²) < 4.78 is 13.2. The Morgan fingerprint density at radius 2 is 1.76 bits per heavy atom. The molecule has 0 saturated heterocycles. The third-order valence-corrected chi connectivity index (χ3v) is 5.56. The van der Waals surface area contributed by atoms with Crippen LogP contribution < -0.4 is 9.47 Å². The second-order valence-corrected chi connectivity index (χ2v) is 9.13. The molecule has 0 radical (unpaired) electrons. The van der Waals surface area contributed by atoms with E-state index < -0.39 is 0 Å². The molecule has 0 spiro atoms. The first-order valence-electron chi connectivity index (χ1n) is 11.2. The summed E-state index contributed by atoms with van der Waals surface area (Å²) in [5.41, 5.74) is 4.29. The first kappa shape index (κ1) is 23.1. The Hall–Kier alpha value is -4.11. The van der Waals surface area contributed by atoms with Crippen molar-refractivity contribution in [3.63, 3.8) is 0 Å². The monoisotopic (exact) mass is 452 g/mol. The van der Waals surface area contributed by atoms with Crippen LogP contribution >= 0.6 is 0 Å². The number of pyridine rings is 1. The molecule has 0 amide bonds. The summed E-state index contributed by atoms with van der Waals surface area (Å²) in [5.74, 6) is 2.13. The highest BCUT2D eigenvalue weighted by Crippen LogP contribution is 2.34. The van der Waals surface area contributed by atoms with Gasteiger partial charge in [0.2, 0.25) is 5.88 Å². The van der Waals surface area contributed by atoms with Gasteiger partial charge >= 0.3 is 0 Å². The van der Waals surface area contributed by atoms with Crippen LogP contribution in [0, 0.1) is 11.3 Å². The van der Waals surface area contributed by atoms with Crippen LogP contribution in [0.2, 0.25) is 0 Å². The number of rotatable bonds is 7. The minimum Gasteiger partial charge on any atom is -0.497 e. The molecule has 34 heavy (non-hydrogen) atoms. The Labute approximate surface area is 200 Å². The Morgan fingerprint density at radius 1 is 1.00 bits per heavy atom. The summed E-state index contributed by atoms with van der Waals surface area (Å²) >= 11 is 0. The van der Waals surface area contributed by atoms with Crippen molar-refractivity contribution < 1.29 is 9.47 Å². The predicted molar refractivity (Wildman–Crippen MR) is 131 cm³/mol. The van der Waals surface area contributed by atoms with Crippen LogP contribution in [0.15, 0.2) is 72.9 Å². The summed E-state index contributed by atoms with van der Waals surface area (Å²) in [5, 5.41) is 14.3. The summed E-state index contributed by atoms with van der Waals surface area (Å²) in [7, 11) is 1.64. The van der Waals surface area contributed by atoms with E-state index in [0.29, 0.717) is 24.5 Å². The van der Waals surface area contributed by atoms with Crippen molar-refractivity contribution in [1.82, 2.24) is 14.8 Å². The van der Waals surface area contributed by atoms with Gasteiger partial charge in [0.25, 0.3) is 0 Å². The second kappa shape index (κ2) is 9.80. The van der Waals surface area contributed by atoms with Gasteiger partial charge in [-0.15, -0.1) is 0 Å². The molecule has 0 aliphatic carbocycles. The number of hydrogen-bond donors (Lipinski definition) is 0. The van der Waals surface area contributed by atoms with Crippen LogP contribution in [-0.4, -0.2) is 21.9 Å². The molecule has 6 heteroatoms. The first-order chi connectivity index (χ1) is 16.4. The highest BCUT2D eigenvalue weighted by Gasteiger charge is 2.20. The van der Waals surface area contributed by atoms with Gasteiger partial charge in [-0.2, -0.15) is 10.4 Å². The quantitative estimate of drug-likeness (QED) is 0.350. The number of aromatic nitrogens is 3. The fourth-order valence-corrected chi connectivity index (χ4v) is 3.80. The van der Waals surface area contributed by atoms with Gasteiger partial charge in [0.1, 0.15) is 23.3 Å². The summed E-state index contributed by atoms with van der Waals surface area (Å²) in [4.78, 5) is 4.49. The van der Waals surface area contributed by atoms with Crippen molar-refractivity contribution in [1.29, 1.82) is 5.26 Å². The largest absolute Gasteiger partial charge is 0.497 e. The van der Waals surface area contributed by atoms with Gasteiger partial charge in [0, 0.05) is 23.7 Å². The van der Waals surface area contributed by atoms with E-state index in [4.69, 9.17) is 14.6 Å². The van der Waals surface area contributed by atoms with Crippen molar-refractivity contribution >= 4 is 0 Å². The van der Waals surface area contributed by atoms with Crippen LogP contribution in [0.5, 0.6) is 17.4 Å². The molecule has 4 rings (SSSR count). The average Bonchev–Trinajstić information content (AvgIpc) is 3.21. The lowest BCUT2D eigenvalue weighted by Crippen LogP contribution is -2.12. The van der Waals surface area contributed by atoms with E-state index >= 15 is 0 Å². The van der Waals surface area contributed by atoms with E-state index in [9.17, 15) is 5.26 Å². The lowest BCUT2D eigenvalue weighted by molar-refractivity contribution is 0.414. The Balaban J connectivity index is 1.58. The Bertz CT molecular complexity index is 1310. The van der Waals surface area contributed by atoms with Crippen LogP contribution in [0.1, 0.15) is 48.8 Å². The maximum atomic E-state index is 9.65. The van der Waals surface area contributed by atoms with Crippen molar-refractivity contribution in [3.05, 3.63) is 101 Å². The van der Waals surface area contributed by atoms with Crippen LogP contribution in [0.25, 0.3) is 0 Å². The normalized spacial score (nSPS) is 11.1. The van der Waals surface area contributed by atoms with Gasteiger partial charge in [-0.3, -0.25) is 4.68 Å². The zero-order chi connectivity index (χ0) is 24.1. The summed E-state index contributed by atoms with van der Waals surface area (Å²) in [6, 6.07) is 23.7. The molecule has 6 nitrogen and oxygen atoms in total. The highest BCUT2D eigenvalue weighted by atomic mass is 16.5. The SMILES string of the molecule is COc1ccc(Cn2nc(Cc3cccnc3Oc3ccccc3C(C)(C)C)cc2C#N)cc1. The number of nitrogens with zero attached hydrogens (tertiary/aromatic N) is 4. The third kappa shape index (κ3) is 5.26. The molecule has 0 saturated carbocycles. The molecule has 0 bridgehead atoms. The molecule has 0 N–H and O–H groups in total. The number of benzene rings is 2. The van der Waals surface area contributed by atoms with E-state index in [1.807, 2.05) is 60.7 Å². The molecule has 2 heterocycles. The molecular formula is C28H28N4O2. The molecule has 0 atom stereocenters. The molecule has 0 aliphatic heterocycles. The maximum Gasteiger partial charge on any atom is 0.222 e. The fraction of sp³-hybridized carbons (Fsp3) is 0.250. The zero-order valence-electron chi connectivity index (χ0n) is 19.9. The van der Waals surface area contributed by atoms with Crippen LogP contribution in [0.4, 0.5) is 0 Å². The maximum absolute atomic E-state index is 9.65. The van der Waals surface area contributed by atoms with Gasteiger partial charge in [-0.05, 0) is 41.3 Å². The lowest BCUT2D eigenvalue weighted by atomic mass is 9.86. The topological polar surface area (TPSA) is 73.0 Å². The standard InChI is InChI=1S/C28H28N4O2/c1-28(2,3)25-9-5-6-10-26(25)34-27-21(8-7-15-30-27)16-22-17-23(18-29)32(31-22)19-20-11-13-24(33-4)14-12-20/h5-15,17H,16,19H2,1-4H3. The van der Waals surface area contributed by atoms with Gasteiger partial charge in [-0.1, -0.05) is 57.2 Å². The number of nitriles is 1. The van der Waals surface area contributed by atoms with Gasteiger partial charge < -0.3 is 9.47 Å². The van der Waals surface area contributed by atoms with E-state index in [1.54, 1.807) is 18.0 Å². The van der Waals surface area contributed by atoms with Crippen molar-refractivity contribution in [2.24, 2.45) is 0 Å². The zero-order valence-corrected chi connectivity index (χ0v) is 19.9. The molecule has 4 aromatic rings.